The summed E-state index contributed by atoms with van der Waals surface area (Å²) < 4.78 is 10.9. The summed E-state index contributed by atoms with van der Waals surface area (Å²) in [5.74, 6) is 0.983. The number of piperidine rings is 1. The zero-order chi connectivity index (χ0) is 17.5. The standard InChI is InChI=1S/C20H30N2O3.ClH/c1-2-25-19-8-6-17(7-9-19)20(23)22-11-4-3-5-18(22)10-12-21-13-15-24-16-14-21;/h6-9,18H,2-5,10-16H2,1H3;1H. The van der Waals surface area contributed by atoms with Crippen LogP contribution in [0.1, 0.15) is 43.0 Å². The minimum atomic E-state index is 0. The maximum Gasteiger partial charge on any atom is 0.254 e. The molecule has 1 aromatic carbocycles. The van der Waals surface area contributed by atoms with Crippen molar-refractivity contribution >= 4 is 18.3 Å². The van der Waals surface area contributed by atoms with Crippen molar-refractivity contribution < 1.29 is 14.3 Å². The minimum Gasteiger partial charge on any atom is -0.494 e. The molecule has 1 amide bonds. The van der Waals surface area contributed by atoms with Crippen LogP contribution in [0.4, 0.5) is 0 Å². The van der Waals surface area contributed by atoms with Crippen LogP contribution in [0.15, 0.2) is 24.3 Å². The second-order valence-corrected chi connectivity index (χ2v) is 6.85. The topological polar surface area (TPSA) is 42.0 Å². The van der Waals surface area contributed by atoms with Crippen molar-refractivity contribution in [3.05, 3.63) is 29.8 Å². The fraction of sp³-hybridized carbons (Fsp3) is 0.650. The zero-order valence-corrected chi connectivity index (χ0v) is 16.5. The molecule has 1 aromatic rings. The van der Waals surface area contributed by atoms with E-state index in [0.717, 1.165) is 70.0 Å². The van der Waals surface area contributed by atoms with Gasteiger partial charge in [0.2, 0.25) is 0 Å². The van der Waals surface area contributed by atoms with Crippen molar-refractivity contribution in [3.8, 4) is 5.75 Å². The second kappa shape index (κ2) is 10.8. The Morgan fingerprint density at radius 2 is 1.88 bits per heavy atom. The molecule has 1 unspecified atom stereocenters. The van der Waals surface area contributed by atoms with E-state index in [-0.39, 0.29) is 18.3 Å². The lowest BCUT2D eigenvalue weighted by Crippen LogP contribution is -2.46. The molecule has 5 nitrogen and oxygen atoms in total. The molecule has 2 aliphatic heterocycles. The first-order chi connectivity index (χ1) is 12.3. The van der Waals surface area contributed by atoms with Crippen LogP contribution in [0.5, 0.6) is 5.75 Å². The van der Waals surface area contributed by atoms with Gasteiger partial charge in [-0.2, -0.15) is 0 Å². The van der Waals surface area contributed by atoms with Gasteiger partial charge in [-0.05, 0) is 56.9 Å². The van der Waals surface area contributed by atoms with E-state index >= 15 is 0 Å². The van der Waals surface area contributed by atoms with E-state index in [1.807, 2.05) is 31.2 Å². The zero-order valence-electron chi connectivity index (χ0n) is 15.7. The van der Waals surface area contributed by atoms with Gasteiger partial charge in [-0.15, -0.1) is 12.4 Å². The first-order valence-corrected chi connectivity index (χ1v) is 9.62. The number of benzene rings is 1. The molecule has 0 spiro atoms. The lowest BCUT2D eigenvalue weighted by Gasteiger charge is -2.37. The molecular weight excluding hydrogens is 352 g/mol. The Morgan fingerprint density at radius 1 is 1.15 bits per heavy atom. The highest BCUT2D eigenvalue weighted by Gasteiger charge is 2.28. The highest BCUT2D eigenvalue weighted by atomic mass is 35.5. The maximum absolute atomic E-state index is 13.0. The van der Waals surface area contributed by atoms with E-state index in [4.69, 9.17) is 9.47 Å². The van der Waals surface area contributed by atoms with Crippen molar-refractivity contribution in [2.75, 3.05) is 46.0 Å². The van der Waals surface area contributed by atoms with Gasteiger partial charge >= 0.3 is 0 Å². The average molecular weight is 383 g/mol. The number of nitrogens with zero attached hydrogens (tertiary/aromatic N) is 2. The Hall–Kier alpha value is -1.30. The first-order valence-electron chi connectivity index (χ1n) is 9.62. The Balaban J connectivity index is 0.00000243. The number of hydrogen-bond acceptors (Lipinski definition) is 4. The van der Waals surface area contributed by atoms with E-state index in [9.17, 15) is 4.79 Å². The van der Waals surface area contributed by atoms with Crippen LogP contribution in [-0.4, -0.2) is 67.7 Å². The second-order valence-electron chi connectivity index (χ2n) is 6.85. The van der Waals surface area contributed by atoms with Crippen molar-refractivity contribution in [3.63, 3.8) is 0 Å². The molecule has 146 valence electrons. The van der Waals surface area contributed by atoms with E-state index in [1.165, 1.54) is 6.42 Å². The third-order valence-corrected chi connectivity index (χ3v) is 5.18. The van der Waals surface area contributed by atoms with Crippen LogP contribution in [0, 0.1) is 0 Å². The summed E-state index contributed by atoms with van der Waals surface area (Å²) in [6.45, 7) is 8.23. The molecule has 2 aliphatic rings. The quantitative estimate of drug-likeness (QED) is 0.757. The molecule has 0 saturated carbocycles. The highest BCUT2D eigenvalue weighted by molar-refractivity contribution is 5.94. The van der Waals surface area contributed by atoms with Crippen LogP contribution < -0.4 is 4.74 Å². The van der Waals surface area contributed by atoms with E-state index < -0.39 is 0 Å². The normalized spacial score (nSPS) is 21.1. The summed E-state index contributed by atoms with van der Waals surface area (Å²) in [6.07, 6.45) is 4.51. The van der Waals surface area contributed by atoms with Crippen molar-refractivity contribution in [1.82, 2.24) is 9.80 Å². The van der Waals surface area contributed by atoms with Gasteiger partial charge in [-0.1, -0.05) is 0 Å². The van der Waals surface area contributed by atoms with E-state index in [0.29, 0.717) is 12.6 Å². The first kappa shape index (κ1) is 21.0. The molecule has 0 bridgehead atoms. The van der Waals surface area contributed by atoms with Crippen LogP contribution in [0.25, 0.3) is 0 Å². The van der Waals surface area contributed by atoms with Gasteiger partial charge in [-0.25, -0.2) is 0 Å². The Kier molecular flexibility index (Phi) is 8.69. The average Bonchev–Trinajstić information content (AvgIpc) is 2.68. The van der Waals surface area contributed by atoms with Gasteiger partial charge in [0, 0.05) is 37.8 Å². The van der Waals surface area contributed by atoms with Gasteiger partial charge in [0.15, 0.2) is 0 Å². The van der Waals surface area contributed by atoms with Gasteiger partial charge in [0.05, 0.1) is 19.8 Å². The Morgan fingerprint density at radius 3 is 2.58 bits per heavy atom. The summed E-state index contributed by atoms with van der Waals surface area (Å²) in [5.41, 5.74) is 0.765. The van der Waals surface area contributed by atoms with Crippen LogP contribution >= 0.6 is 12.4 Å². The molecule has 6 heteroatoms. The van der Waals surface area contributed by atoms with E-state index in [1.54, 1.807) is 0 Å². The molecule has 2 saturated heterocycles. The number of hydrogen-bond donors (Lipinski definition) is 0. The molecule has 26 heavy (non-hydrogen) atoms. The van der Waals surface area contributed by atoms with Crippen molar-refractivity contribution in [2.24, 2.45) is 0 Å². The number of ether oxygens (including phenoxy) is 2. The number of amides is 1. The van der Waals surface area contributed by atoms with Crippen molar-refractivity contribution in [1.29, 1.82) is 0 Å². The number of carbonyl (C=O) groups excluding carboxylic acids is 1. The predicted molar refractivity (Wildman–Crippen MR) is 105 cm³/mol. The van der Waals surface area contributed by atoms with Gasteiger partial charge in [-0.3, -0.25) is 9.69 Å². The smallest absolute Gasteiger partial charge is 0.254 e. The summed E-state index contributed by atoms with van der Waals surface area (Å²) >= 11 is 0. The molecule has 0 aromatic heterocycles. The predicted octanol–water partition coefficient (Wildman–Crippen LogP) is 3.22. The molecule has 2 fully saturated rings. The highest BCUT2D eigenvalue weighted by Crippen LogP contribution is 2.23. The largest absolute Gasteiger partial charge is 0.494 e. The lowest BCUT2D eigenvalue weighted by molar-refractivity contribution is 0.0295. The number of halogens is 1. The van der Waals surface area contributed by atoms with Crippen LogP contribution in [-0.2, 0) is 4.74 Å². The fourth-order valence-electron chi connectivity index (χ4n) is 3.75. The molecule has 1 atom stereocenters. The Labute approximate surface area is 163 Å². The fourth-order valence-corrected chi connectivity index (χ4v) is 3.75. The molecule has 0 N–H and O–H groups in total. The van der Waals surface area contributed by atoms with Gasteiger partial charge in [0.1, 0.15) is 5.75 Å². The molecule has 2 heterocycles. The number of morpholine rings is 1. The summed E-state index contributed by atoms with van der Waals surface area (Å²) in [4.78, 5) is 17.5. The Bertz CT molecular complexity index is 546. The van der Waals surface area contributed by atoms with Crippen LogP contribution in [0.3, 0.4) is 0 Å². The van der Waals surface area contributed by atoms with Gasteiger partial charge in [0.25, 0.3) is 5.91 Å². The summed E-state index contributed by atoms with van der Waals surface area (Å²) in [7, 11) is 0. The molecule has 3 rings (SSSR count). The van der Waals surface area contributed by atoms with Crippen molar-refractivity contribution in [2.45, 2.75) is 38.6 Å². The third-order valence-electron chi connectivity index (χ3n) is 5.18. The SMILES string of the molecule is CCOc1ccc(C(=O)N2CCCCC2CCN2CCOCC2)cc1.Cl. The van der Waals surface area contributed by atoms with E-state index in [2.05, 4.69) is 9.80 Å². The maximum atomic E-state index is 13.0. The third kappa shape index (κ3) is 5.60. The summed E-state index contributed by atoms with van der Waals surface area (Å²) in [5, 5.41) is 0. The number of carbonyl (C=O) groups is 1. The lowest BCUT2D eigenvalue weighted by atomic mass is 9.97. The molecular formula is C20H31ClN2O3. The monoisotopic (exact) mass is 382 g/mol. The van der Waals surface area contributed by atoms with Gasteiger partial charge < -0.3 is 14.4 Å². The molecule has 0 radical (unpaired) electrons. The van der Waals surface area contributed by atoms with Crippen LogP contribution in [0.2, 0.25) is 0 Å². The number of likely N-dealkylation sites (tertiary alicyclic amines) is 1. The summed E-state index contributed by atoms with van der Waals surface area (Å²) in [6, 6.07) is 7.92. The minimum absolute atomic E-state index is 0. The number of rotatable bonds is 6. The molecule has 0 aliphatic carbocycles.